The van der Waals surface area contributed by atoms with Crippen LogP contribution in [0.15, 0.2) is 18.2 Å². The normalized spacial score (nSPS) is 11.2. The van der Waals surface area contributed by atoms with Crippen LogP contribution in [0.1, 0.15) is 31.2 Å². The number of anilines is 1. The van der Waals surface area contributed by atoms with E-state index in [0.717, 1.165) is 11.1 Å². The number of aromatic nitrogens is 2. The van der Waals surface area contributed by atoms with E-state index < -0.39 is 0 Å². The summed E-state index contributed by atoms with van der Waals surface area (Å²) >= 11 is 0. The topological polar surface area (TPSA) is 69.9 Å². The van der Waals surface area contributed by atoms with Crippen LogP contribution in [0.3, 0.4) is 0 Å². The molecule has 4 nitrogen and oxygen atoms in total. The molecule has 2 rings (SSSR count). The smallest absolute Gasteiger partial charge is 0.150 e. The first-order valence-electron chi connectivity index (χ1n) is 5.81. The second-order valence-electron chi connectivity index (χ2n) is 4.69. The maximum Gasteiger partial charge on any atom is 0.150 e. The highest BCUT2D eigenvalue weighted by atomic mass is 19.1. The molecule has 1 heterocycles. The number of aryl methyl sites for hydroxylation is 1. The molecule has 0 amide bonds. The third kappa shape index (κ3) is 1.92. The molecule has 0 saturated carbocycles. The monoisotopic (exact) mass is 248 g/mol. The van der Waals surface area contributed by atoms with Crippen LogP contribution in [0.25, 0.3) is 11.3 Å². The van der Waals surface area contributed by atoms with Crippen LogP contribution in [-0.4, -0.2) is 9.66 Å². The lowest BCUT2D eigenvalue weighted by molar-refractivity contribution is 0.627. The van der Waals surface area contributed by atoms with Gasteiger partial charge in [-0.1, -0.05) is 13.8 Å². The number of nitrogens with zero attached hydrogens (tertiary/aromatic N) is 2. The van der Waals surface area contributed by atoms with Crippen LogP contribution >= 0.6 is 0 Å². The van der Waals surface area contributed by atoms with Gasteiger partial charge in [-0.25, -0.2) is 14.1 Å². The van der Waals surface area contributed by atoms with Crippen molar-refractivity contribution in [1.82, 2.24) is 9.66 Å². The lowest BCUT2D eigenvalue weighted by atomic mass is 10.1. The first-order chi connectivity index (χ1) is 8.41. The fourth-order valence-electron chi connectivity index (χ4n) is 1.96. The van der Waals surface area contributed by atoms with Crippen LogP contribution in [0, 0.1) is 12.7 Å². The van der Waals surface area contributed by atoms with E-state index in [9.17, 15) is 4.39 Å². The zero-order valence-electron chi connectivity index (χ0n) is 10.7. The summed E-state index contributed by atoms with van der Waals surface area (Å²) in [6.07, 6.45) is 0. The van der Waals surface area contributed by atoms with Gasteiger partial charge in [-0.3, -0.25) is 0 Å². The minimum absolute atomic E-state index is 0.173. The lowest BCUT2D eigenvalue weighted by Crippen LogP contribution is -2.16. The summed E-state index contributed by atoms with van der Waals surface area (Å²) in [5.74, 6) is 6.89. The van der Waals surface area contributed by atoms with Crippen LogP contribution < -0.4 is 11.6 Å². The molecule has 4 N–H and O–H groups in total. The van der Waals surface area contributed by atoms with Gasteiger partial charge >= 0.3 is 0 Å². The van der Waals surface area contributed by atoms with Crippen molar-refractivity contribution in [3.05, 3.63) is 35.4 Å². The van der Waals surface area contributed by atoms with Gasteiger partial charge < -0.3 is 11.6 Å². The van der Waals surface area contributed by atoms with E-state index in [1.165, 1.54) is 16.8 Å². The molecule has 18 heavy (non-hydrogen) atoms. The predicted octanol–water partition coefficient (Wildman–Crippen LogP) is 2.42. The van der Waals surface area contributed by atoms with E-state index in [2.05, 4.69) is 4.98 Å². The van der Waals surface area contributed by atoms with E-state index in [1.807, 2.05) is 20.8 Å². The van der Waals surface area contributed by atoms with Crippen LogP contribution in [0.2, 0.25) is 0 Å². The van der Waals surface area contributed by atoms with Gasteiger partial charge in [-0.05, 0) is 30.7 Å². The molecule has 0 aliphatic carbocycles. The van der Waals surface area contributed by atoms with E-state index >= 15 is 0 Å². The van der Waals surface area contributed by atoms with E-state index in [-0.39, 0.29) is 11.7 Å². The predicted molar refractivity (Wildman–Crippen MR) is 71.0 cm³/mol. The Morgan fingerprint density at radius 2 is 2.00 bits per heavy atom. The van der Waals surface area contributed by atoms with Crippen molar-refractivity contribution in [1.29, 1.82) is 0 Å². The van der Waals surface area contributed by atoms with Crippen LogP contribution in [0.4, 0.5) is 10.2 Å². The molecular formula is C13H17FN4. The highest BCUT2D eigenvalue weighted by Crippen LogP contribution is 2.30. The molecule has 96 valence electrons. The number of nitrogen functional groups attached to an aromatic ring is 2. The fourth-order valence-corrected chi connectivity index (χ4v) is 1.96. The molecule has 0 aliphatic heterocycles. The lowest BCUT2D eigenvalue weighted by Gasteiger charge is -2.05. The largest absolute Gasteiger partial charge is 0.382 e. The zero-order chi connectivity index (χ0) is 13.4. The third-order valence-corrected chi connectivity index (χ3v) is 2.94. The highest BCUT2D eigenvalue weighted by Gasteiger charge is 2.18. The summed E-state index contributed by atoms with van der Waals surface area (Å²) in [5, 5.41) is 0. The van der Waals surface area contributed by atoms with Gasteiger partial charge in [0.1, 0.15) is 17.3 Å². The zero-order valence-corrected chi connectivity index (χ0v) is 10.7. The second kappa shape index (κ2) is 4.33. The number of nitrogens with two attached hydrogens (primary N) is 2. The van der Waals surface area contributed by atoms with Crippen molar-refractivity contribution in [3.8, 4) is 11.3 Å². The average Bonchev–Trinajstić information content (AvgIpc) is 2.57. The fraction of sp³-hybridized carbons (Fsp3) is 0.308. The van der Waals surface area contributed by atoms with Crippen molar-refractivity contribution in [2.45, 2.75) is 26.7 Å². The maximum atomic E-state index is 13.1. The molecule has 1 aromatic carbocycles. The summed E-state index contributed by atoms with van der Waals surface area (Å²) in [6.45, 7) is 5.81. The Morgan fingerprint density at radius 3 is 2.50 bits per heavy atom. The quantitative estimate of drug-likeness (QED) is 0.802. The number of imidazole rings is 1. The highest BCUT2D eigenvalue weighted by molar-refractivity contribution is 5.73. The van der Waals surface area contributed by atoms with Crippen molar-refractivity contribution in [2.75, 3.05) is 11.6 Å². The molecule has 0 fully saturated rings. The summed E-state index contributed by atoms with van der Waals surface area (Å²) < 4.78 is 14.5. The minimum atomic E-state index is -0.272. The van der Waals surface area contributed by atoms with E-state index in [1.54, 1.807) is 6.07 Å². The second-order valence-corrected chi connectivity index (χ2v) is 4.69. The van der Waals surface area contributed by atoms with Crippen LogP contribution in [0.5, 0.6) is 0 Å². The Morgan fingerprint density at radius 1 is 1.33 bits per heavy atom. The maximum absolute atomic E-state index is 13.1. The Balaban J connectivity index is 2.61. The molecule has 2 aromatic rings. The van der Waals surface area contributed by atoms with Crippen molar-refractivity contribution in [2.24, 2.45) is 0 Å². The summed E-state index contributed by atoms with van der Waals surface area (Å²) in [7, 11) is 0. The van der Waals surface area contributed by atoms with Gasteiger partial charge in [0.05, 0.1) is 0 Å². The van der Waals surface area contributed by atoms with Gasteiger partial charge in [0.25, 0.3) is 0 Å². The van der Waals surface area contributed by atoms with Gasteiger partial charge in [0, 0.05) is 11.5 Å². The molecule has 5 heteroatoms. The molecule has 0 spiro atoms. The Hall–Kier alpha value is -2.04. The Bertz CT molecular complexity index is 587. The van der Waals surface area contributed by atoms with Gasteiger partial charge in [0.15, 0.2) is 5.82 Å². The summed E-state index contributed by atoms with van der Waals surface area (Å²) in [4.78, 5) is 4.46. The van der Waals surface area contributed by atoms with Gasteiger partial charge in [0.2, 0.25) is 0 Å². The Kier molecular flexibility index (Phi) is 2.98. The first-order valence-corrected chi connectivity index (χ1v) is 5.81. The Labute approximate surface area is 105 Å². The first kappa shape index (κ1) is 12.4. The average molecular weight is 248 g/mol. The van der Waals surface area contributed by atoms with E-state index in [0.29, 0.717) is 17.3 Å². The standard InChI is InChI=1S/C13H17FN4/c1-7(2)13-17-11(12(15)18(13)16)10-5-4-9(14)6-8(10)3/h4-7H,15-16H2,1-3H3. The number of hydrogen-bond donors (Lipinski definition) is 2. The van der Waals surface area contributed by atoms with Crippen molar-refractivity contribution >= 4 is 5.82 Å². The molecular weight excluding hydrogens is 231 g/mol. The molecule has 0 saturated heterocycles. The number of halogens is 1. The van der Waals surface area contributed by atoms with Crippen molar-refractivity contribution in [3.63, 3.8) is 0 Å². The summed E-state index contributed by atoms with van der Waals surface area (Å²) in [6, 6.07) is 4.53. The summed E-state index contributed by atoms with van der Waals surface area (Å²) in [5.41, 5.74) is 8.16. The number of hydrogen-bond acceptors (Lipinski definition) is 3. The van der Waals surface area contributed by atoms with Crippen LogP contribution in [-0.2, 0) is 0 Å². The van der Waals surface area contributed by atoms with Crippen molar-refractivity contribution < 1.29 is 4.39 Å². The number of rotatable bonds is 2. The third-order valence-electron chi connectivity index (χ3n) is 2.94. The molecule has 0 aliphatic rings. The molecule has 1 aromatic heterocycles. The van der Waals surface area contributed by atoms with Gasteiger partial charge in [-0.15, -0.1) is 0 Å². The van der Waals surface area contributed by atoms with E-state index in [4.69, 9.17) is 11.6 Å². The SMILES string of the molecule is Cc1cc(F)ccc1-c1nc(C(C)C)n(N)c1N. The molecule has 0 radical (unpaired) electrons. The van der Waals surface area contributed by atoms with Gasteiger partial charge in [-0.2, -0.15) is 0 Å². The molecule has 0 atom stereocenters. The minimum Gasteiger partial charge on any atom is -0.382 e. The molecule has 0 bridgehead atoms. The number of benzene rings is 1. The molecule has 0 unspecified atom stereocenters.